The molecule has 0 spiro atoms. The number of hydrogen-bond acceptors (Lipinski definition) is 3. The summed E-state index contributed by atoms with van der Waals surface area (Å²) < 4.78 is 22.1. The number of rotatable bonds is 5. The van der Waals surface area contributed by atoms with Gasteiger partial charge >= 0.3 is 0 Å². The molecule has 20 heavy (non-hydrogen) atoms. The molecule has 4 fully saturated rings. The van der Waals surface area contributed by atoms with Crippen LogP contribution in [-0.4, -0.2) is 32.9 Å². The van der Waals surface area contributed by atoms with E-state index in [0.29, 0.717) is 6.42 Å². The van der Waals surface area contributed by atoms with Crippen molar-refractivity contribution in [2.75, 3.05) is 18.6 Å². The molecule has 0 aromatic rings. The van der Waals surface area contributed by atoms with Crippen LogP contribution >= 0.6 is 0 Å². The van der Waals surface area contributed by atoms with E-state index in [9.17, 15) is 13.2 Å². The van der Waals surface area contributed by atoms with Crippen LogP contribution in [-0.2, 0) is 14.6 Å². The van der Waals surface area contributed by atoms with Gasteiger partial charge in [-0.05, 0) is 61.7 Å². The maximum Gasteiger partial charge on any atom is 0.220 e. The predicted octanol–water partition coefficient (Wildman–Crippen LogP) is 1.75. The monoisotopic (exact) mass is 299 g/mol. The first-order valence-corrected chi connectivity index (χ1v) is 9.84. The SMILES string of the molecule is CS(=O)(=O)CCNC(=O)CC12CC3CC(CC(C3)C1)C2. The van der Waals surface area contributed by atoms with Crippen molar-refractivity contribution >= 4 is 15.7 Å². The van der Waals surface area contributed by atoms with Crippen LogP contribution in [0.1, 0.15) is 44.9 Å². The van der Waals surface area contributed by atoms with Gasteiger partial charge in [-0.25, -0.2) is 8.42 Å². The number of amides is 1. The maximum absolute atomic E-state index is 12.1. The number of hydrogen-bond donors (Lipinski definition) is 1. The molecular formula is C15H25NO3S. The Morgan fingerprint density at radius 1 is 1.10 bits per heavy atom. The molecular weight excluding hydrogens is 274 g/mol. The van der Waals surface area contributed by atoms with E-state index in [0.717, 1.165) is 17.8 Å². The average Bonchev–Trinajstić information content (AvgIpc) is 2.23. The van der Waals surface area contributed by atoms with Crippen molar-refractivity contribution < 1.29 is 13.2 Å². The van der Waals surface area contributed by atoms with Gasteiger partial charge in [0.05, 0.1) is 5.75 Å². The van der Waals surface area contributed by atoms with Crippen molar-refractivity contribution in [2.24, 2.45) is 23.2 Å². The van der Waals surface area contributed by atoms with E-state index in [1.807, 2.05) is 0 Å². The van der Waals surface area contributed by atoms with Gasteiger partial charge in [0.25, 0.3) is 0 Å². The third-order valence-corrected chi connectivity index (χ3v) is 6.44. The first-order valence-electron chi connectivity index (χ1n) is 7.78. The molecule has 5 heteroatoms. The third kappa shape index (κ3) is 3.18. The molecule has 4 nitrogen and oxygen atoms in total. The highest BCUT2D eigenvalue weighted by Crippen LogP contribution is 2.61. The topological polar surface area (TPSA) is 63.2 Å². The third-order valence-electron chi connectivity index (χ3n) is 5.50. The molecule has 0 aromatic heterocycles. The van der Waals surface area contributed by atoms with Crippen molar-refractivity contribution in [3.63, 3.8) is 0 Å². The Morgan fingerprint density at radius 3 is 2.05 bits per heavy atom. The fourth-order valence-corrected chi connectivity index (χ4v) is 5.76. The molecule has 4 bridgehead atoms. The van der Waals surface area contributed by atoms with Gasteiger partial charge in [-0.1, -0.05) is 0 Å². The lowest BCUT2D eigenvalue weighted by Crippen LogP contribution is -2.48. The normalized spacial score (nSPS) is 39.0. The van der Waals surface area contributed by atoms with Gasteiger partial charge in [0, 0.05) is 19.2 Å². The smallest absolute Gasteiger partial charge is 0.220 e. The quantitative estimate of drug-likeness (QED) is 0.841. The van der Waals surface area contributed by atoms with Gasteiger partial charge in [-0.15, -0.1) is 0 Å². The van der Waals surface area contributed by atoms with E-state index in [1.165, 1.54) is 44.8 Å². The van der Waals surface area contributed by atoms with E-state index in [-0.39, 0.29) is 23.6 Å². The van der Waals surface area contributed by atoms with Crippen LogP contribution in [0.2, 0.25) is 0 Å². The minimum atomic E-state index is -2.99. The highest BCUT2D eigenvalue weighted by Gasteiger charge is 2.51. The minimum absolute atomic E-state index is 0.0413. The van der Waals surface area contributed by atoms with Gasteiger partial charge in [0.1, 0.15) is 9.84 Å². The van der Waals surface area contributed by atoms with E-state index in [2.05, 4.69) is 5.32 Å². The van der Waals surface area contributed by atoms with Crippen LogP contribution in [0.3, 0.4) is 0 Å². The second kappa shape index (κ2) is 5.00. The van der Waals surface area contributed by atoms with Gasteiger partial charge < -0.3 is 5.32 Å². The van der Waals surface area contributed by atoms with Gasteiger partial charge in [-0.2, -0.15) is 0 Å². The molecule has 4 saturated carbocycles. The summed E-state index contributed by atoms with van der Waals surface area (Å²) in [4.78, 5) is 12.1. The second-order valence-electron chi connectivity index (χ2n) is 7.57. The van der Waals surface area contributed by atoms with Crippen LogP contribution in [0.5, 0.6) is 0 Å². The molecule has 0 saturated heterocycles. The van der Waals surface area contributed by atoms with Crippen molar-refractivity contribution in [1.29, 1.82) is 0 Å². The Hall–Kier alpha value is -0.580. The van der Waals surface area contributed by atoms with Crippen LogP contribution in [0, 0.1) is 23.2 Å². The zero-order valence-corrected chi connectivity index (χ0v) is 13.0. The second-order valence-corrected chi connectivity index (χ2v) is 9.83. The average molecular weight is 299 g/mol. The van der Waals surface area contributed by atoms with Crippen molar-refractivity contribution in [2.45, 2.75) is 44.9 Å². The fraction of sp³-hybridized carbons (Fsp3) is 0.933. The molecule has 114 valence electrons. The minimum Gasteiger partial charge on any atom is -0.355 e. The summed E-state index contributed by atoms with van der Waals surface area (Å²) >= 11 is 0. The van der Waals surface area contributed by atoms with Gasteiger partial charge in [0.2, 0.25) is 5.91 Å². The molecule has 4 aliphatic carbocycles. The number of sulfone groups is 1. The molecule has 4 aliphatic rings. The largest absolute Gasteiger partial charge is 0.355 e. The van der Waals surface area contributed by atoms with Crippen molar-refractivity contribution in [1.82, 2.24) is 5.32 Å². The molecule has 0 unspecified atom stereocenters. The molecule has 4 rings (SSSR count). The number of carbonyl (C=O) groups excluding carboxylic acids is 1. The fourth-order valence-electron chi connectivity index (χ4n) is 5.29. The Kier molecular flexibility index (Phi) is 3.59. The summed E-state index contributed by atoms with van der Waals surface area (Å²) in [6, 6.07) is 0. The van der Waals surface area contributed by atoms with Crippen LogP contribution in [0.25, 0.3) is 0 Å². The summed E-state index contributed by atoms with van der Waals surface area (Å²) in [6.07, 6.45) is 9.63. The van der Waals surface area contributed by atoms with Crippen molar-refractivity contribution in [3.8, 4) is 0 Å². The standard InChI is InChI=1S/C15H25NO3S/c1-20(18,19)3-2-16-14(17)10-15-7-11-4-12(8-15)6-13(5-11)9-15/h11-13H,2-10H2,1H3,(H,16,17). The highest BCUT2D eigenvalue weighted by molar-refractivity contribution is 7.90. The van der Waals surface area contributed by atoms with E-state index < -0.39 is 9.84 Å². The van der Waals surface area contributed by atoms with Gasteiger partial charge in [-0.3, -0.25) is 4.79 Å². The molecule has 1 amide bonds. The molecule has 0 aromatic carbocycles. The Balaban J connectivity index is 1.54. The first kappa shape index (κ1) is 14.4. The lowest BCUT2D eigenvalue weighted by atomic mass is 9.49. The number of nitrogens with one attached hydrogen (secondary N) is 1. The first-order chi connectivity index (χ1) is 9.34. The zero-order chi connectivity index (χ0) is 14.4. The maximum atomic E-state index is 12.1. The molecule has 0 heterocycles. The Morgan fingerprint density at radius 2 is 1.60 bits per heavy atom. The van der Waals surface area contributed by atoms with Crippen LogP contribution in [0.15, 0.2) is 0 Å². The van der Waals surface area contributed by atoms with Crippen LogP contribution in [0.4, 0.5) is 0 Å². The zero-order valence-electron chi connectivity index (χ0n) is 12.2. The summed E-state index contributed by atoms with van der Waals surface area (Å²) in [5, 5.41) is 2.80. The van der Waals surface area contributed by atoms with E-state index in [4.69, 9.17) is 0 Å². The summed E-state index contributed by atoms with van der Waals surface area (Å²) in [6.45, 7) is 0.254. The predicted molar refractivity (Wildman–Crippen MR) is 77.9 cm³/mol. The molecule has 1 N–H and O–H groups in total. The lowest BCUT2D eigenvalue weighted by molar-refractivity contribution is -0.129. The summed E-state index contributed by atoms with van der Waals surface area (Å²) in [5.74, 6) is 2.65. The Bertz CT molecular complexity index is 462. The molecule has 0 atom stereocenters. The molecule has 0 radical (unpaired) electrons. The van der Waals surface area contributed by atoms with Gasteiger partial charge in [0.15, 0.2) is 0 Å². The lowest BCUT2D eigenvalue weighted by Gasteiger charge is -2.56. The summed E-state index contributed by atoms with van der Waals surface area (Å²) in [7, 11) is -2.99. The Labute approximate surface area is 121 Å². The summed E-state index contributed by atoms with van der Waals surface area (Å²) in [5.41, 5.74) is 0.240. The highest BCUT2D eigenvalue weighted by atomic mass is 32.2. The van der Waals surface area contributed by atoms with Crippen LogP contribution < -0.4 is 5.32 Å². The van der Waals surface area contributed by atoms with E-state index >= 15 is 0 Å². The number of carbonyl (C=O) groups is 1. The molecule has 0 aliphatic heterocycles. The van der Waals surface area contributed by atoms with E-state index in [1.54, 1.807) is 0 Å². The van der Waals surface area contributed by atoms with Crippen molar-refractivity contribution in [3.05, 3.63) is 0 Å².